The van der Waals surface area contributed by atoms with Crippen LogP contribution in [0, 0.1) is 22.7 Å². The Morgan fingerprint density at radius 3 is 2.23 bits per heavy atom. The second-order valence-electron chi connectivity index (χ2n) is 12.7. The fourth-order valence-electron chi connectivity index (χ4n) is 5.32. The zero-order valence-electron chi connectivity index (χ0n) is 24.0. The monoisotopic (exact) mass is 567 g/mol. The van der Waals surface area contributed by atoms with Gasteiger partial charge in [-0.05, 0) is 60.0 Å². The maximum atomic E-state index is 12.0. The molecule has 6 N–H and O–H groups in total. The van der Waals surface area contributed by atoms with Crippen LogP contribution in [0.1, 0.15) is 70.7 Å². The first kappa shape index (κ1) is 32.5. The highest BCUT2D eigenvalue weighted by Gasteiger charge is 2.62. The molecule has 3 aliphatic rings. The van der Waals surface area contributed by atoms with Crippen molar-refractivity contribution in [3.05, 3.63) is 33.2 Å². The van der Waals surface area contributed by atoms with E-state index in [1.54, 1.807) is 0 Å². The zero-order valence-corrected chi connectivity index (χ0v) is 24.8. The van der Waals surface area contributed by atoms with Crippen molar-refractivity contribution < 1.29 is 22.8 Å². The second-order valence-corrected chi connectivity index (χ2v) is 14.3. The van der Waals surface area contributed by atoms with Crippen LogP contribution in [0.4, 0.5) is 0 Å². The zero-order chi connectivity index (χ0) is 29.8. The van der Waals surface area contributed by atoms with Crippen LogP contribution in [-0.2, 0) is 43.7 Å². The number of primary sulfonamides is 1. The number of pyridine rings is 1. The van der Waals surface area contributed by atoms with Crippen LogP contribution in [-0.4, -0.2) is 61.9 Å². The second kappa shape index (κ2) is 12.6. The van der Waals surface area contributed by atoms with Crippen molar-refractivity contribution in [1.82, 2.24) is 15.2 Å². The van der Waals surface area contributed by atoms with Crippen molar-refractivity contribution in [3.63, 3.8) is 0 Å². The normalized spacial score (nSPS) is 21.6. The van der Waals surface area contributed by atoms with Gasteiger partial charge >= 0.3 is 0 Å². The number of aryl methyl sites for hydroxylation is 2. The number of primary amides is 1. The molecule has 39 heavy (non-hydrogen) atoms. The molecule has 3 unspecified atom stereocenters. The highest BCUT2D eigenvalue weighted by molar-refractivity contribution is 7.88. The number of carbonyl (C=O) groups is 3. The molecule has 2 heterocycles. The lowest BCUT2D eigenvalue weighted by molar-refractivity contribution is -0.132. The molecule has 2 aliphatic carbocycles. The highest BCUT2D eigenvalue weighted by Crippen LogP contribution is 2.62. The number of nitrogens with zero attached hydrogens (tertiary/aromatic N) is 1. The lowest BCUT2D eigenvalue weighted by Gasteiger charge is -2.26. The molecular formula is C27H45N5O6S. The Morgan fingerprint density at radius 2 is 1.74 bits per heavy atom. The number of H-pyrrole nitrogens is 1. The highest BCUT2D eigenvalue weighted by atomic mass is 32.2. The number of aromatic amines is 1. The minimum atomic E-state index is -3.17. The molecule has 0 aromatic carbocycles. The summed E-state index contributed by atoms with van der Waals surface area (Å²) in [5.41, 5.74) is 8.20. The minimum absolute atomic E-state index is 0.122. The summed E-state index contributed by atoms with van der Waals surface area (Å²) in [6.07, 6.45) is 6.17. The van der Waals surface area contributed by atoms with Gasteiger partial charge in [0.1, 0.15) is 6.04 Å². The van der Waals surface area contributed by atoms with Gasteiger partial charge in [0, 0.05) is 37.2 Å². The molecule has 1 saturated heterocycles. The first-order valence-corrected chi connectivity index (χ1v) is 15.3. The summed E-state index contributed by atoms with van der Waals surface area (Å²) in [6.45, 7) is 13.1. The number of likely N-dealkylation sites (tertiary alicyclic amines) is 1. The van der Waals surface area contributed by atoms with Gasteiger partial charge < -0.3 is 20.9 Å². The van der Waals surface area contributed by atoms with Gasteiger partial charge in [0.25, 0.3) is 5.56 Å². The minimum Gasteiger partial charge on any atom is -0.368 e. The molecule has 4 rings (SSSR count). The van der Waals surface area contributed by atoms with Gasteiger partial charge in [-0.3, -0.25) is 19.2 Å². The third kappa shape index (κ3) is 10.1. The van der Waals surface area contributed by atoms with E-state index in [2.05, 4.69) is 55.0 Å². The SMILES string of the molecule is CC(C)(C)CC(=O)N1CC2C(C1)C2(C)C.CS(N)(=O)=O.NC(=O)C(Cc1cc2c([nH]c1=O)CCCC2)NC=O. The molecule has 0 bridgehead atoms. The van der Waals surface area contributed by atoms with Crippen LogP contribution < -0.4 is 21.7 Å². The first-order chi connectivity index (χ1) is 17.8. The number of hydrogen-bond donors (Lipinski definition) is 4. The quantitative estimate of drug-likeness (QED) is 0.369. The van der Waals surface area contributed by atoms with E-state index in [0.717, 1.165) is 68.1 Å². The van der Waals surface area contributed by atoms with Crippen LogP contribution in [0.15, 0.2) is 10.9 Å². The number of carbonyl (C=O) groups excluding carboxylic acids is 3. The molecule has 12 heteroatoms. The molecule has 0 radical (unpaired) electrons. The van der Waals surface area contributed by atoms with Crippen molar-refractivity contribution in [3.8, 4) is 0 Å². The number of aromatic nitrogens is 1. The molecule has 2 fully saturated rings. The van der Waals surface area contributed by atoms with E-state index in [0.29, 0.717) is 29.7 Å². The molecular weight excluding hydrogens is 522 g/mol. The summed E-state index contributed by atoms with van der Waals surface area (Å²) in [5, 5.41) is 6.66. The number of nitrogens with two attached hydrogens (primary N) is 2. The van der Waals surface area contributed by atoms with E-state index < -0.39 is 22.0 Å². The Balaban J connectivity index is 0.000000238. The van der Waals surface area contributed by atoms with Gasteiger partial charge in [0.15, 0.2) is 0 Å². The molecule has 1 aromatic heterocycles. The molecule has 1 aromatic rings. The standard InChI is InChI=1S/C13H17N3O3.C13H23NO.CH5NO2S/c14-12(18)11(15-7-17)6-9-5-8-3-1-2-4-10(8)16-13(9)19;1-12(2,3)6-11(15)14-7-9-10(8-14)13(9,4)5;1-5(2,3)4/h5,7,11H,1-4,6H2,(H2,14,18)(H,15,17)(H,16,19);9-10H,6-8H2,1-5H3;1H3,(H2,2,3,4). The summed E-state index contributed by atoms with van der Waals surface area (Å²) >= 11 is 0. The van der Waals surface area contributed by atoms with Crippen molar-refractivity contribution >= 4 is 28.2 Å². The summed E-state index contributed by atoms with van der Waals surface area (Å²) in [5.74, 6) is 1.26. The van der Waals surface area contributed by atoms with Crippen molar-refractivity contribution in [2.75, 3.05) is 19.3 Å². The van der Waals surface area contributed by atoms with Crippen LogP contribution >= 0.6 is 0 Å². The number of sulfonamides is 1. The molecule has 1 saturated carbocycles. The van der Waals surface area contributed by atoms with Crippen LogP contribution in [0.5, 0.6) is 0 Å². The van der Waals surface area contributed by atoms with Gasteiger partial charge in [0.2, 0.25) is 28.2 Å². The fourth-order valence-corrected chi connectivity index (χ4v) is 5.32. The number of rotatable bonds is 6. The Bertz CT molecular complexity index is 1200. The number of piperidine rings is 1. The average Bonchev–Trinajstić information content (AvgIpc) is 3.11. The van der Waals surface area contributed by atoms with E-state index in [1.165, 1.54) is 0 Å². The van der Waals surface area contributed by atoms with Gasteiger partial charge in [-0.2, -0.15) is 0 Å². The van der Waals surface area contributed by atoms with E-state index >= 15 is 0 Å². The summed E-state index contributed by atoms with van der Waals surface area (Å²) in [7, 11) is -3.17. The predicted octanol–water partition coefficient (Wildman–Crippen LogP) is 0.838. The Kier molecular flexibility index (Phi) is 10.5. The average molecular weight is 568 g/mol. The third-order valence-electron chi connectivity index (χ3n) is 7.61. The summed E-state index contributed by atoms with van der Waals surface area (Å²) < 4.78 is 18.8. The maximum absolute atomic E-state index is 12.0. The van der Waals surface area contributed by atoms with Gasteiger partial charge in [-0.1, -0.05) is 34.6 Å². The lowest BCUT2D eigenvalue weighted by atomic mass is 9.91. The number of nitrogens with one attached hydrogen (secondary N) is 2. The Morgan fingerprint density at radius 1 is 1.21 bits per heavy atom. The molecule has 220 valence electrons. The smallest absolute Gasteiger partial charge is 0.251 e. The Hall–Kier alpha value is -2.73. The van der Waals surface area contributed by atoms with Gasteiger partial charge in [0.05, 0.1) is 6.26 Å². The third-order valence-corrected chi connectivity index (χ3v) is 7.61. The number of amides is 3. The molecule has 3 amide bonds. The van der Waals surface area contributed by atoms with Crippen LogP contribution in [0.3, 0.4) is 0 Å². The van der Waals surface area contributed by atoms with Crippen LogP contribution in [0.25, 0.3) is 0 Å². The van der Waals surface area contributed by atoms with Crippen molar-refractivity contribution in [2.24, 2.45) is 33.5 Å². The van der Waals surface area contributed by atoms with E-state index in [4.69, 9.17) is 5.73 Å². The van der Waals surface area contributed by atoms with Crippen LogP contribution in [0.2, 0.25) is 0 Å². The topological polar surface area (TPSA) is 186 Å². The molecule has 3 atom stereocenters. The summed E-state index contributed by atoms with van der Waals surface area (Å²) in [6, 6.07) is 0.982. The lowest BCUT2D eigenvalue weighted by Crippen LogP contribution is -2.43. The van der Waals surface area contributed by atoms with Crippen molar-refractivity contribution in [1.29, 1.82) is 0 Å². The largest absolute Gasteiger partial charge is 0.368 e. The number of fused-ring (bicyclic) bond motifs is 2. The van der Waals surface area contributed by atoms with Gasteiger partial charge in [-0.25, -0.2) is 13.6 Å². The predicted molar refractivity (Wildman–Crippen MR) is 150 cm³/mol. The molecule has 0 spiro atoms. The number of hydrogen-bond acceptors (Lipinski definition) is 6. The molecule has 11 nitrogen and oxygen atoms in total. The van der Waals surface area contributed by atoms with E-state index in [1.807, 2.05) is 6.07 Å². The van der Waals surface area contributed by atoms with E-state index in [-0.39, 0.29) is 17.4 Å². The molecule has 1 aliphatic heterocycles. The van der Waals surface area contributed by atoms with Crippen molar-refractivity contribution in [2.45, 2.75) is 79.2 Å². The van der Waals surface area contributed by atoms with E-state index in [9.17, 15) is 27.6 Å². The summed E-state index contributed by atoms with van der Waals surface area (Å²) in [4.78, 5) is 50.4. The Labute approximate surface area is 231 Å². The fraction of sp³-hybridized carbons (Fsp3) is 0.704. The maximum Gasteiger partial charge on any atom is 0.251 e. The van der Waals surface area contributed by atoms with Gasteiger partial charge in [-0.15, -0.1) is 0 Å². The first-order valence-electron chi connectivity index (χ1n) is 13.3.